The lowest BCUT2D eigenvalue weighted by Gasteiger charge is -2.07. The van der Waals surface area contributed by atoms with E-state index in [0.29, 0.717) is 6.04 Å². The Balaban J connectivity index is 1.81. The third kappa shape index (κ3) is 2.31. The molecule has 1 saturated carbocycles. The Bertz CT molecular complexity index is 509. The maximum Gasteiger partial charge on any atom is 0.0953 e. The molecule has 0 amide bonds. The highest BCUT2D eigenvalue weighted by Gasteiger charge is 2.25. The minimum absolute atomic E-state index is 0.680. The van der Waals surface area contributed by atoms with Gasteiger partial charge in [0.25, 0.3) is 0 Å². The van der Waals surface area contributed by atoms with Gasteiger partial charge in [-0.2, -0.15) is 0 Å². The van der Waals surface area contributed by atoms with E-state index in [1.807, 2.05) is 12.5 Å². The first-order valence-electron chi connectivity index (χ1n) is 6.69. The zero-order valence-corrected chi connectivity index (χ0v) is 10.5. The zero-order valence-electron chi connectivity index (χ0n) is 10.5. The molecule has 0 saturated heterocycles. The molecule has 1 aromatic carbocycles. The van der Waals surface area contributed by atoms with E-state index >= 15 is 0 Å². The van der Waals surface area contributed by atoms with Crippen LogP contribution in [0.4, 0.5) is 0 Å². The highest BCUT2D eigenvalue weighted by Crippen LogP contribution is 2.38. The van der Waals surface area contributed by atoms with Crippen LogP contribution < -0.4 is 5.73 Å². The standard InChI is InChI=1S/C15H19N3/c16-9-1-2-12-3-5-13(6-4-12)15-10-17-11-18(15)14-7-8-14/h3-6,10-11,14H,1-2,7-9,16H2. The van der Waals surface area contributed by atoms with E-state index in [9.17, 15) is 0 Å². The quantitative estimate of drug-likeness (QED) is 0.874. The minimum Gasteiger partial charge on any atom is -0.330 e. The summed E-state index contributed by atoms with van der Waals surface area (Å²) in [4.78, 5) is 4.28. The third-order valence-electron chi connectivity index (χ3n) is 3.53. The molecule has 3 nitrogen and oxygen atoms in total. The predicted octanol–water partition coefficient (Wildman–Crippen LogP) is 2.78. The molecular weight excluding hydrogens is 222 g/mol. The average molecular weight is 241 g/mol. The van der Waals surface area contributed by atoms with Gasteiger partial charge < -0.3 is 10.3 Å². The lowest BCUT2D eigenvalue weighted by molar-refractivity contribution is 0.748. The van der Waals surface area contributed by atoms with E-state index in [2.05, 4.69) is 33.8 Å². The summed E-state index contributed by atoms with van der Waals surface area (Å²) < 4.78 is 2.30. The van der Waals surface area contributed by atoms with Gasteiger partial charge in [-0.3, -0.25) is 0 Å². The third-order valence-corrected chi connectivity index (χ3v) is 3.53. The number of nitrogens with zero attached hydrogens (tertiary/aromatic N) is 2. The normalized spacial score (nSPS) is 14.9. The van der Waals surface area contributed by atoms with Crippen LogP contribution in [0.15, 0.2) is 36.8 Å². The molecular formula is C15H19N3. The first kappa shape index (κ1) is 11.5. The summed E-state index contributed by atoms with van der Waals surface area (Å²) in [5.74, 6) is 0. The van der Waals surface area contributed by atoms with Gasteiger partial charge in [-0.1, -0.05) is 24.3 Å². The van der Waals surface area contributed by atoms with Crippen molar-refractivity contribution in [2.45, 2.75) is 31.7 Å². The molecule has 3 rings (SSSR count). The van der Waals surface area contributed by atoms with Crippen LogP contribution >= 0.6 is 0 Å². The number of imidazole rings is 1. The molecule has 0 spiro atoms. The summed E-state index contributed by atoms with van der Waals surface area (Å²) >= 11 is 0. The molecule has 0 bridgehead atoms. The van der Waals surface area contributed by atoms with Crippen LogP contribution in [0.2, 0.25) is 0 Å². The van der Waals surface area contributed by atoms with Crippen molar-refractivity contribution < 1.29 is 0 Å². The summed E-state index contributed by atoms with van der Waals surface area (Å²) in [6.07, 6.45) is 8.62. The molecule has 1 aliphatic rings. The fourth-order valence-corrected chi connectivity index (χ4v) is 2.32. The van der Waals surface area contributed by atoms with Gasteiger partial charge in [0.05, 0.1) is 18.2 Å². The van der Waals surface area contributed by atoms with Gasteiger partial charge in [0, 0.05) is 6.04 Å². The molecule has 0 unspecified atom stereocenters. The van der Waals surface area contributed by atoms with E-state index in [1.54, 1.807) is 0 Å². The predicted molar refractivity (Wildman–Crippen MR) is 73.3 cm³/mol. The Kier molecular flexibility index (Phi) is 3.15. The van der Waals surface area contributed by atoms with Crippen molar-refractivity contribution in [2.75, 3.05) is 6.54 Å². The largest absolute Gasteiger partial charge is 0.330 e. The maximum absolute atomic E-state index is 5.53. The maximum atomic E-state index is 5.53. The SMILES string of the molecule is NCCCc1ccc(-c2cncn2C2CC2)cc1. The highest BCUT2D eigenvalue weighted by atomic mass is 15.1. The Labute approximate surface area is 108 Å². The number of hydrogen-bond donors (Lipinski definition) is 1. The van der Waals surface area contributed by atoms with Gasteiger partial charge in [-0.25, -0.2) is 4.98 Å². The van der Waals surface area contributed by atoms with E-state index in [0.717, 1.165) is 19.4 Å². The summed E-state index contributed by atoms with van der Waals surface area (Å²) in [5.41, 5.74) is 9.39. The number of rotatable bonds is 5. The first-order chi connectivity index (χ1) is 8.88. The van der Waals surface area contributed by atoms with Crippen LogP contribution in [0.25, 0.3) is 11.3 Å². The van der Waals surface area contributed by atoms with Crippen molar-refractivity contribution in [3.63, 3.8) is 0 Å². The Hall–Kier alpha value is -1.61. The Morgan fingerprint density at radius 3 is 2.67 bits per heavy atom. The fraction of sp³-hybridized carbons (Fsp3) is 0.400. The molecule has 0 radical (unpaired) electrons. The summed E-state index contributed by atoms with van der Waals surface area (Å²) in [6.45, 7) is 0.760. The molecule has 0 aliphatic heterocycles. The topological polar surface area (TPSA) is 43.8 Å². The van der Waals surface area contributed by atoms with Crippen LogP contribution in [0.3, 0.4) is 0 Å². The van der Waals surface area contributed by atoms with Gasteiger partial charge in [-0.05, 0) is 43.4 Å². The molecule has 3 heteroatoms. The number of aryl methyl sites for hydroxylation is 1. The van der Waals surface area contributed by atoms with Gasteiger partial charge in [0.2, 0.25) is 0 Å². The van der Waals surface area contributed by atoms with Crippen molar-refractivity contribution in [1.82, 2.24) is 9.55 Å². The molecule has 18 heavy (non-hydrogen) atoms. The summed E-state index contributed by atoms with van der Waals surface area (Å²) in [5, 5.41) is 0. The molecule has 1 fully saturated rings. The minimum atomic E-state index is 0.680. The number of benzene rings is 1. The van der Waals surface area contributed by atoms with Crippen LogP contribution in [-0.2, 0) is 6.42 Å². The van der Waals surface area contributed by atoms with Crippen molar-refractivity contribution in [3.8, 4) is 11.3 Å². The van der Waals surface area contributed by atoms with Crippen LogP contribution in [0, 0.1) is 0 Å². The molecule has 2 aromatic rings. The Morgan fingerprint density at radius 1 is 1.22 bits per heavy atom. The molecule has 1 aliphatic carbocycles. The smallest absolute Gasteiger partial charge is 0.0953 e. The zero-order chi connectivity index (χ0) is 12.4. The van der Waals surface area contributed by atoms with E-state index in [-0.39, 0.29) is 0 Å². The molecule has 1 heterocycles. The van der Waals surface area contributed by atoms with Gasteiger partial charge in [-0.15, -0.1) is 0 Å². The van der Waals surface area contributed by atoms with E-state index in [1.165, 1.54) is 29.7 Å². The van der Waals surface area contributed by atoms with Crippen LogP contribution in [0.1, 0.15) is 30.9 Å². The van der Waals surface area contributed by atoms with Gasteiger partial charge >= 0.3 is 0 Å². The van der Waals surface area contributed by atoms with Crippen molar-refractivity contribution in [2.24, 2.45) is 5.73 Å². The van der Waals surface area contributed by atoms with Crippen LogP contribution in [0.5, 0.6) is 0 Å². The Morgan fingerprint density at radius 2 is 2.00 bits per heavy atom. The first-order valence-corrected chi connectivity index (χ1v) is 6.69. The van der Waals surface area contributed by atoms with Crippen LogP contribution in [-0.4, -0.2) is 16.1 Å². The number of aromatic nitrogens is 2. The summed E-state index contributed by atoms with van der Waals surface area (Å²) in [7, 11) is 0. The van der Waals surface area contributed by atoms with E-state index < -0.39 is 0 Å². The monoisotopic (exact) mass is 241 g/mol. The highest BCUT2D eigenvalue weighted by molar-refractivity contribution is 5.59. The second kappa shape index (κ2) is 4.94. The second-order valence-corrected chi connectivity index (χ2v) is 5.01. The molecule has 94 valence electrons. The lowest BCUT2D eigenvalue weighted by Crippen LogP contribution is -2.00. The molecule has 2 N–H and O–H groups in total. The molecule has 1 aromatic heterocycles. The summed E-state index contributed by atoms with van der Waals surface area (Å²) in [6, 6.07) is 9.48. The second-order valence-electron chi connectivity index (χ2n) is 5.01. The molecule has 0 atom stereocenters. The lowest BCUT2D eigenvalue weighted by atomic mass is 10.1. The van der Waals surface area contributed by atoms with Crippen molar-refractivity contribution in [1.29, 1.82) is 0 Å². The fourth-order valence-electron chi connectivity index (χ4n) is 2.32. The average Bonchev–Trinajstić information content (AvgIpc) is 3.15. The number of nitrogens with two attached hydrogens (primary N) is 1. The van der Waals surface area contributed by atoms with E-state index in [4.69, 9.17) is 5.73 Å². The number of hydrogen-bond acceptors (Lipinski definition) is 2. The van der Waals surface area contributed by atoms with Crippen molar-refractivity contribution >= 4 is 0 Å². The van der Waals surface area contributed by atoms with Gasteiger partial charge in [0.1, 0.15) is 0 Å². The van der Waals surface area contributed by atoms with Gasteiger partial charge in [0.15, 0.2) is 0 Å². The van der Waals surface area contributed by atoms with Crippen molar-refractivity contribution in [3.05, 3.63) is 42.4 Å².